The molecule has 5 heteroatoms. The molecule has 1 saturated heterocycles. The molecule has 1 aliphatic heterocycles. The number of ether oxygens (including phenoxy) is 2. The summed E-state index contributed by atoms with van der Waals surface area (Å²) in [5.74, 6) is 1.74. The number of carbonyl (C=O) groups is 1. The SMILES string of the molecule is COc1ccc(C(c2ccc(OC)cc2)N2CCN(C(=O)C=Cc3ccc(C)cc3)CC2)cc1. The Morgan fingerprint density at radius 3 is 1.74 bits per heavy atom. The monoisotopic (exact) mass is 456 g/mol. The topological polar surface area (TPSA) is 42.0 Å². The fourth-order valence-electron chi connectivity index (χ4n) is 4.34. The molecule has 1 aliphatic rings. The van der Waals surface area contributed by atoms with Gasteiger partial charge >= 0.3 is 0 Å². The van der Waals surface area contributed by atoms with Crippen molar-refractivity contribution >= 4 is 12.0 Å². The highest BCUT2D eigenvalue weighted by Gasteiger charge is 2.27. The van der Waals surface area contributed by atoms with Crippen LogP contribution in [0.25, 0.3) is 6.08 Å². The third kappa shape index (κ3) is 5.67. The van der Waals surface area contributed by atoms with Crippen molar-refractivity contribution in [3.8, 4) is 11.5 Å². The summed E-state index contributed by atoms with van der Waals surface area (Å²) in [5.41, 5.74) is 4.65. The number of nitrogens with zero attached hydrogens (tertiary/aromatic N) is 2. The molecule has 0 unspecified atom stereocenters. The third-order valence-electron chi connectivity index (χ3n) is 6.35. The van der Waals surface area contributed by atoms with Gasteiger partial charge in [-0.2, -0.15) is 0 Å². The van der Waals surface area contributed by atoms with Crippen LogP contribution >= 0.6 is 0 Å². The molecular formula is C29H32N2O3. The second-order valence-electron chi connectivity index (χ2n) is 8.55. The molecule has 0 atom stereocenters. The quantitative estimate of drug-likeness (QED) is 0.472. The van der Waals surface area contributed by atoms with E-state index in [4.69, 9.17) is 9.47 Å². The van der Waals surface area contributed by atoms with Crippen molar-refractivity contribution in [1.29, 1.82) is 0 Å². The first-order valence-corrected chi connectivity index (χ1v) is 11.6. The number of amides is 1. The summed E-state index contributed by atoms with van der Waals surface area (Å²) < 4.78 is 10.7. The second-order valence-corrected chi connectivity index (χ2v) is 8.55. The molecular weight excluding hydrogens is 424 g/mol. The molecule has 176 valence electrons. The lowest BCUT2D eigenvalue weighted by atomic mass is 9.96. The molecule has 3 aromatic rings. The molecule has 0 spiro atoms. The van der Waals surface area contributed by atoms with Gasteiger partial charge in [-0.25, -0.2) is 0 Å². The van der Waals surface area contributed by atoms with Crippen molar-refractivity contribution in [3.63, 3.8) is 0 Å². The van der Waals surface area contributed by atoms with Crippen LogP contribution in [0, 0.1) is 6.92 Å². The lowest BCUT2D eigenvalue weighted by Gasteiger charge is -2.39. The van der Waals surface area contributed by atoms with Crippen LogP contribution in [0.15, 0.2) is 78.9 Å². The number of carbonyl (C=O) groups excluding carboxylic acids is 1. The average molecular weight is 457 g/mol. The molecule has 0 saturated carbocycles. The second kappa shape index (κ2) is 11.0. The number of hydrogen-bond acceptors (Lipinski definition) is 4. The molecule has 0 N–H and O–H groups in total. The smallest absolute Gasteiger partial charge is 0.246 e. The van der Waals surface area contributed by atoms with E-state index >= 15 is 0 Å². The number of rotatable bonds is 7. The minimum Gasteiger partial charge on any atom is -0.497 e. The van der Waals surface area contributed by atoms with Gasteiger partial charge in [0.25, 0.3) is 0 Å². The maximum atomic E-state index is 12.8. The first-order valence-electron chi connectivity index (χ1n) is 11.6. The van der Waals surface area contributed by atoms with Gasteiger partial charge in [-0.15, -0.1) is 0 Å². The van der Waals surface area contributed by atoms with Crippen molar-refractivity contribution in [1.82, 2.24) is 9.80 Å². The standard InChI is InChI=1S/C29H32N2O3/c1-22-4-6-23(7-5-22)8-17-28(32)30-18-20-31(21-19-30)29(24-9-13-26(33-2)14-10-24)25-11-15-27(34-3)16-12-25/h4-17,29H,18-21H2,1-3H3. The van der Waals surface area contributed by atoms with E-state index in [1.807, 2.05) is 47.4 Å². The van der Waals surface area contributed by atoms with E-state index < -0.39 is 0 Å². The fourth-order valence-corrected chi connectivity index (χ4v) is 4.34. The third-order valence-corrected chi connectivity index (χ3v) is 6.35. The maximum Gasteiger partial charge on any atom is 0.246 e. The first-order chi connectivity index (χ1) is 16.6. The van der Waals surface area contributed by atoms with Crippen LogP contribution < -0.4 is 9.47 Å². The van der Waals surface area contributed by atoms with E-state index in [1.165, 1.54) is 16.7 Å². The van der Waals surface area contributed by atoms with Crippen molar-refractivity contribution in [3.05, 3.63) is 101 Å². The predicted molar refractivity (Wildman–Crippen MR) is 136 cm³/mol. The highest BCUT2D eigenvalue weighted by atomic mass is 16.5. The average Bonchev–Trinajstić information content (AvgIpc) is 2.89. The van der Waals surface area contributed by atoms with Crippen LogP contribution in [0.5, 0.6) is 11.5 Å². The molecule has 0 aromatic heterocycles. The minimum absolute atomic E-state index is 0.0608. The van der Waals surface area contributed by atoms with Crippen molar-refractivity contribution < 1.29 is 14.3 Å². The van der Waals surface area contributed by atoms with Gasteiger partial charge in [-0.1, -0.05) is 54.1 Å². The molecule has 34 heavy (non-hydrogen) atoms. The van der Waals surface area contributed by atoms with E-state index in [-0.39, 0.29) is 11.9 Å². The Kier molecular flexibility index (Phi) is 7.65. The zero-order valence-electron chi connectivity index (χ0n) is 20.1. The van der Waals surface area contributed by atoms with Crippen molar-refractivity contribution in [2.45, 2.75) is 13.0 Å². The predicted octanol–water partition coefficient (Wildman–Crippen LogP) is 4.96. The van der Waals surface area contributed by atoms with Gasteiger partial charge in [0, 0.05) is 32.3 Å². The molecule has 0 bridgehead atoms. The molecule has 1 fully saturated rings. The summed E-state index contributed by atoms with van der Waals surface area (Å²) in [6.45, 7) is 5.04. The Morgan fingerprint density at radius 1 is 0.765 bits per heavy atom. The van der Waals surface area contributed by atoms with Gasteiger partial charge in [-0.05, 0) is 54.0 Å². The Morgan fingerprint density at radius 2 is 1.26 bits per heavy atom. The Hall–Kier alpha value is -3.57. The number of benzene rings is 3. The van der Waals surface area contributed by atoms with Crippen molar-refractivity contribution in [2.24, 2.45) is 0 Å². The summed E-state index contributed by atoms with van der Waals surface area (Å²) in [6.07, 6.45) is 3.58. The van der Waals surface area contributed by atoms with Gasteiger partial charge in [0.15, 0.2) is 0 Å². The van der Waals surface area contributed by atoms with Crippen LogP contribution in [0.3, 0.4) is 0 Å². The van der Waals surface area contributed by atoms with Crippen LogP contribution in [-0.4, -0.2) is 56.1 Å². The van der Waals surface area contributed by atoms with Gasteiger partial charge in [0.1, 0.15) is 11.5 Å². The van der Waals surface area contributed by atoms with Gasteiger partial charge in [-0.3, -0.25) is 9.69 Å². The van der Waals surface area contributed by atoms with Crippen LogP contribution in [-0.2, 0) is 4.79 Å². The molecule has 3 aromatic carbocycles. The van der Waals surface area contributed by atoms with Crippen LogP contribution in [0.2, 0.25) is 0 Å². The van der Waals surface area contributed by atoms with Gasteiger partial charge in [0.2, 0.25) is 5.91 Å². The zero-order valence-corrected chi connectivity index (χ0v) is 20.1. The zero-order chi connectivity index (χ0) is 23.9. The maximum absolute atomic E-state index is 12.8. The van der Waals surface area contributed by atoms with E-state index in [1.54, 1.807) is 20.3 Å². The Balaban J connectivity index is 1.47. The summed E-state index contributed by atoms with van der Waals surface area (Å²) in [7, 11) is 3.36. The largest absolute Gasteiger partial charge is 0.497 e. The van der Waals surface area contributed by atoms with Crippen LogP contribution in [0.1, 0.15) is 28.3 Å². The van der Waals surface area contributed by atoms with E-state index in [0.717, 1.165) is 30.2 Å². The molecule has 4 rings (SSSR count). The molecule has 1 amide bonds. The summed E-state index contributed by atoms with van der Waals surface area (Å²) in [5, 5.41) is 0. The van der Waals surface area contributed by atoms with Gasteiger partial charge < -0.3 is 14.4 Å². The van der Waals surface area contributed by atoms with E-state index in [9.17, 15) is 4.79 Å². The number of aryl methyl sites for hydroxylation is 1. The first kappa shape index (κ1) is 23.6. The van der Waals surface area contributed by atoms with Crippen molar-refractivity contribution in [2.75, 3.05) is 40.4 Å². The number of hydrogen-bond donors (Lipinski definition) is 0. The van der Waals surface area contributed by atoms with Crippen LogP contribution in [0.4, 0.5) is 0 Å². The number of methoxy groups -OCH3 is 2. The lowest BCUT2D eigenvalue weighted by Crippen LogP contribution is -2.49. The minimum atomic E-state index is 0.0608. The summed E-state index contributed by atoms with van der Waals surface area (Å²) in [6, 6.07) is 24.8. The normalized spacial score (nSPS) is 14.5. The molecule has 1 heterocycles. The Bertz CT molecular complexity index is 1050. The lowest BCUT2D eigenvalue weighted by molar-refractivity contribution is -0.127. The van der Waals surface area contributed by atoms with E-state index in [2.05, 4.69) is 48.2 Å². The highest BCUT2D eigenvalue weighted by Crippen LogP contribution is 2.32. The highest BCUT2D eigenvalue weighted by molar-refractivity contribution is 5.91. The molecule has 5 nitrogen and oxygen atoms in total. The van der Waals surface area contributed by atoms with E-state index in [0.29, 0.717) is 13.1 Å². The fraction of sp³-hybridized carbons (Fsp3) is 0.276. The summed E-state index contributed by atoms with van der Waals surface area (Å²) >= 11 is 0. The molecule has 0 radical (unpaired) electrons. The van der Waals surface area contributed by atoms with Gasteiger partial charge in [0.05, 0.1) is 20.3 Å². The summed E-state index contributed by atoms with van der Waals surface area (Å²) in [4.78, 5) is 17.2. The Labute approximate surface area is 202 Å². The number of piperazine rings is 1. The molecule has 0 aliphatic carbocycles.